The van der Waals surface area contributed by atoms with E-state index in [1.807, 2.05) is 12.1 Å². The van der Waals surface area contributed by atoms with Gasteiger partial charge in [-0.25, -0.2) is 0 Å². The SMILES string of the molecule is CCCOC1CCCN(c2cccc(Cl)c2C=O)C1. The number of anilines is 1. The summed E-state index contributed by atoms with van der Waals surface area (Å²) in [4.78, 5) is 13.4. The van der Waals surface area contributed by atoms with Crippen LogP contribution < -0.4 is 4.90 Å². The van der Waals surface area contributed by atoms with Gasteiger partial charge in [0, 0.05) is 25.4 Å². The van der Waals surface area contributed by atoms with E-state index < -0.39 is 0 Å². The Balaban J connectivity index is 2.13. The average Bonchev–Trinajstić information content (AvgIpc) is 2.45. The fourth-order valence-electron chi connectivity index (χ4n) is 2.50. The molecule has 1 atom stereocenters. The highest BCUT2D eigenvalue weighted by atomic mass is 35.5. The molecule has 1 aliphatic rings. The van der Waals surface area contributed by atoms with Gasteiger partial charge in [0.25, 0.3) is 0 Å². The van der Waals surface area contributed by atoms with Crippen molar-refractivity contribution < 1.29 is 9.53 Å². The summed E-state index contributed by atoms with van der Waals surface area (Å²) >= 11 is 6.08. The third kappa shape index (κ3) is 3.48. The molecule has 1 aromatic carbocycles. The molecule has 4 heteroatoms. The molecule has 0 saturated carbocycles. The van der Waals surface area contributed by atoms with E-state index >= 15 is 0 Å². The van der Waals surface area contributed by atoms with Crippen LogP contribution in [0.2, 0.25) is 5.02 Å². The highest BCUT2D eigenvalue weighted by Gasteiger charge is 2.22. The number of carbonyl (C=O) groups is 1. The molecule has 0 aliphatic carbocycles. The summed E-state index contributed by atoms with van der Waals surface area (Å²) in [5, 5.41) is 0.518. The van der Waals surface area contributed by atoms with Gasteiger partial charge in [0.2, 0.25) is 0 Å². The number of nitrogens with zero attached hydrogens (tertiary/aromatic N) is 1. The van der Waals surface area contributed by atoms with Crippen LogP contribution in [0.3, 0.4) is 0 Å². The monoisotopic (exact) mass is 281 g/mol. The number of halogens is 1. The first-order valence-corrected chi connectivity index (χ1v) is 7.24. The topological polar surface area (TPSA) is 29.5 Å². The second kappa shape index (κ2) is 6.92. The minimum atomic E-state index is 0.257. The number of carbonyl (C=O) groups excluding carboxylic acids is 1. The smallest absolute Gasteiger partial charge is 0.153 e. The molecule has 2 rings (SSSR count). The van der Waals surface area contributed by atoms with Gasteiger partial charge in [-0.05, 0) is 31.4 Å². The maximum Gasteiger partial charge on any atom is 0.153 e. The molecule has 0 aromatic heterocycles. The summed E-state index contributed by atoms with van der Waals surface area (Å²) in [7, 11) is 0. The summed E-state index contributed by atoms with van der Waals surface area (Å²) in [6.07, 6.45) is 4.31. The van der Waals surface area contributed by atoms with Gasteiger partial charge in [-0.15, -0.1) is 0 Å². The van der Waals surface area contributed by atoms with E-state index in [9.17, 15) is 4.79 Å². The fourth-order valence-corrected chi connectivity index (χ4v) is 2.71. The lowest BCUT2D eigenvalue weighted by atomic mass is 10.1. The number of benzene rings is 1. The molecule has 0 spiro atoms. The summed E-state index contributed by atoms with van der Waals surface area (Å²) in [5.74, 6) is 0. The standard InChI is InChI=1S/C15H20ClNO2/c1-2-9-19-12-5-4-8-17(10-12)15-7-3-6-14(16)13(15)11-18/h3,6-7,11-12H,2,4-5,8-10H2,1H3. The zero-order chi connectivity index (χ0) is 13.7. The molecular weight excluding hydrogens is 262 g/mol. The number of aldehydes is 1. The van der Waals surface area contributed by atoms with Gasteiger partial charge in [-0.2, -0.15) is 0 Å². The van der Waals surface area contributed by atoms with E-state index in [2.05, 4.69) is 11.8 Å². The van der Waals surface area contributed by atoms with Crippen molar-refractivity contribution in [2.24, 2.45) is 0 Å². The number of hydrogen-bond acceptors (Lipinski definition) is 3. The first-order chi connectivity index (χ1) is 9.26. The normalized spacial score (nSPS) is 19.5. The Morgan fingerprint density at radius 2 is 2.37 bits per heavy atom. The van der Waals surface area contributed by atoms with Gasteiger partial charge in [0.05, 0.1) is 16.7 Å². The zero-order valence-corrected chi connectivity index (χ0v) is 12.0. The van der Waals surface area contributed by atoms with Crippen molar-refractivity contribution in [3.05, 3.63) is 28.8 Å². The van der Waals surface area contributed by atoms with E-state index in [0.29, 0.717) is 10.6 Å². The number of ether oxygens (including phenoxy) is 1. The summed E-state index contributed by atoms with van der Waals surface area (Å²) in [6, 6.07) is 5.60. The van der Waals surface area contributed by atoms with Crippen LogP contribution >= 0.6 is 11.6 Å². The zero-order valence-electron chi connectivity index (χ0n) is 11.3. The molecule has 0 radical (unpaired) electrons. The molecule has 0 bridgehead atoms. The first kappa shape index (κ1) is 14.4. The molecule has 3 nitrogen and oxygen atoms in total. The van der Waals surface area contributed by atoms with E-state index in [-0.39, 0.29) is 6.10 Å². The van der Waals surface area contributed by atoms with E-state index in [4.69, 9.17) is 16.3 Å². The maximum absolute atomic E-state index is 11.2. The van der Waals surface area contributed by atoms with Crippen LogP contribution in [0.25, 0.3) is 0 Å². The summed E-state index contributed by atoms with van der Waals surface area (Å²) in [6.45, 7) is 4.70. The minimum absolute atomic E-state index is 0.257. The molecule has 1 unspecified atom stereocenters. The Kier molecular flexibility index (Phi) is 5.23. The molecule has 1 aromatic rings. The second-order valence-electron chi connectivity index (χ2n) is 4.87. The van der Waals surface area contributed by atoms with Crippen LogP contribution in [0.15, 0.2) is 18.2 Å². The summed E-state index contributed by atoms with van der Waals surface area (Å²) in [5.41, 5.74) is 1.51. The van der Waals surface area contributed by atoms with Crippen LogP contribution in [0.1, 0.15) is 36.5 Å². The highest BCUT2D eigenvalue weighted by Crippen LogP contribution is 2.28. The van der Waals surface area contributed by atoms with Crippen molar-refractivity contribution in [1.29, 1.82) is 0 Å². The molecule has 19 heavy (non-hydrogen) atoms. The van der Waals surface area contributed by atoms with E-state index in [1.165, 1.54) is 0 Å². The van der Waals surface area contributed by atoms with Crippen molar-refractivity contribution in [3.63, 3.8) is 0 Å². The van der Waals surface area contributed by atoms with Crippen molar-refractivity contribution in [2.75, 3.05) is 24.6 Å². The number of piperidine rings is 1. The molecule has 0 N–H and O–H groups in total. The van der Waals surface area contributed by atoms with Crippen LogP contribution in [0.5, 0.6) is 0 Å². The van der Waals surface area contributed by atoms with Crippen molar-refractivity contribution in [3.8, 4) is 0 Å². The molecule has 104 valence electrons. The predicted molar refractivity (Wildman–Crippen MR) is 78.3 cm³/mol. The van der Waals surface area contributed by atoms with Gasteiger partial charge in [0.1, 0.15) is 0 Å². The fraction of sp³-hybridized carbons (Fsp3) is 0.533. The van der Waals surface area contributed by atoms with Gasteiger partial charge in [-0.1, -0.05) is 24.6 Å². The summed E-state index contributed by atoms with van der Waals surface area (Å²) < 4.78 is 5.82. The van der Waals surface area contributed by atoms with E-state index in [1.54, 1.807) is 6.07 Å². The van der Waals surface area contributed by atoms with Crippen LogP contribution in [0, 0.1) is 0 Å². The predicted octanol–water partition coefficient (Wildman–Crippen LogP) is 3.55. The van der Waals surface area contributed by atoms with Gasteiger partial charge < -0.3 is 9.64 Å². The lowest BCUT2D eigenvalue weighted by Crippen LogP contribution is -2.40. The Morgan fingerprint density at radius 3 is 3.11 bits per heavy atom. The second-order valence-corrected chi connectivity index (χ2v) is 5.28. The molecular formula is C15H20ClNO2. The maximum atomic E-state index is 11.2. The lowest BCUT2D eigenvalue weighted by Gasteiger charge is -2.35. The van der Waals surface area contributed by atoms with Gasteiger partial charge in [-0.3, -0.25) is 4.79 Å². The van der Waals surface area contributed by atoms with Crippen molar-refractivity contribution >= 4 is 23.6 Å². The molecule has 1 aliphatic heterocycles. The third-order valence-corrected chi connectivity index (χ3v) is 3.75. The van der Waals surface area contributed by atoms with Crippen LogP contribution in [-0.4, -0.2) is 32.1 Å². The minimum Gasteiger partial charge on any atom is -0.376 e. The van der Waals surface area contributed by atoms with Crippen LogP contribution in [0.4, 0.5) is 5.69 Å². The third-order valence-electron chi connectivity index (χ3n) is 3.42. The molecule has 1 fully saturated rings. The largest absolute Gasteiger partial charge is 0.376 e. The lowest BCUT2D eigenvalue weighted by molar-refractivity contribution is 0.0440. The quantitative estimate of drug-likeness (QED) is 0.773. The van der Waals surface area contributed by atoms with Gasteiger partial charge in [0.15, 0.2) is 6.29 Å². The number of rotatable bonds is 5. The molecule has 1 heterocycles. The average molecular weight is 282 g/mol. The van der Waals surface area contributed by atoms with E-state index in [0.717, 1.165) is 50.9 Å². The van der Waals surface area contributed by atoms with Crippen LogP contribution in [-0.2, 0) is 4.74 Å². The Bertz CT molecular complexity index is 436. The Labute approximate surface area is 119 Å². The molecule has 1 saturated heterocycles. The van der Waals surface area contributed by atoms with Crippen molar-refractivity contribution in [1.82, 2.24) is 0 Å². The Hall–Kier alpha value is -1.06. The first-order valence-electron chi connectivity index (χ1n) is 6.86. The molecule has 0 amide bonds. The van der Waals surface area contributed by atoms with Crippen molar-refractivity contribution in [2.45, 2.75) is 32.3 Å². The van der Waals surface area contributed by atoms with Gasteiger partial charge >= 0.3 is 0 Å². The number of hydrogen-bond donors (Lipinski definition) is 0. The highest BCUT2D eigenvalue weighted by molar-refractivity contribution is 6.33. The Morgan fingerprint density at radius 1 is 1.53 bits per heavy atom.